The molecule has 0 aromatic heterocycles. The number of nitrogens with one attached hydrogen (secondary N) is 2. The summed E-state index contributed by atoms with van der Waals surface area (Å²) in [6, 6.07) is 16.4. The van der Waals surface area contributed by atoms with E-state index in [2.05, 4.69) is 10.6 Å². The van der Waals surface area contributed by atoms with Crippen LogP contribution in [-0.2, 0) is 25.5 Å². The van der Waals surface area contributed by atoms with Gasteiger partial charge < -0.3 is 20.1 Å². The van der Waals surface area contributed by atoms with Gasteiger partial charge in [-0.05, 0) is 50.5 Å². The molecule has 0 fully saturated rings. The highest BCUT2D eigenvalue weighted by molar-refractivity contribution is 5.89. The van der Waals surface area contributed by atoms with Gasteiger partial charge in [-0.1, -0.05) is 42.5 Å². The Morgan fingerprint density at radius 3 is 2.50 bits per heavy atom. The van der Waals surface area contributed by atoms with Crippen molar-refractivity contribution < 1.29 is 23.9 Å². The molecule has 8 nitrogen and oxygen atoms in total. The molecule has 1 unspecified atom stereocenters. The molecule has 0 radical (unpaired) electrons. The fourth-order valence-corrected chi connectivity index (χ4v) is 3.69. The highest BCUT2D eigenvalue weighted by Gasteiger charge is 2.27. The first-order valence-corrected chi connectivity index (χ1v) is 11.5. The molecule has 0 spiro atoms. The second-order valence-corrected chi connectivity index (χ2v) is 9.07. The molecule has 0 bridgehead atoms. The van der Waals surface area contributed by atoms with E-state index in [1.165, 1.54) is 4.90 Å². The molecule has 0 aliphatic carbocycles. The number of amides is 2. The quantitative estimate of drug-likeness (QED) is 0.457. The van der Waals surface area contributed by atoms with Crippen molar-refractivity contribution in [2.45, 2.75) is 45.3 Å². The maximum Gasteiger partial charge on any atom is 0.414 e. The third kappa shape index (κ3) is 7.31. The topological polar surface area (TPSA) is 97.0 Å². The molecule has 2 N–H and O–H groups in total. The first-order chi connectivity index (χ1) is 16.2. The maximum atomic E-state index is 12.7. The predicted octanol–water partition coefficient (Wildman–Crippen LogP) is 3.36. The molecule has 2 aromatic rings. The van der Waals surface area contributed by atoms with Gasteiger partial charge in [-0.25, -0.2) is 9.59 Å². The Hall–Kier alpha value is -3.39. The molecule has 1 aliphatic rings. The number of hydrogen-bond donors (Lipinski definition) is 2. The lowest BCUT2D eigenvalue weighted by atomic mass is 9.94. The van der Waals surface area contributed by atoms with E-state index < -0.39 is 17.7 Å². The normalized spacial score (nSPS) is 15.1. The summed E-state index contributed by atoms with van der Waals surface area (Å²) >= 11 is 0. The van der Waals surface area contributed by atoms with Gasteiger partial charge in [-0.3, -0.25) is 9.69 Å². The Morgan fingerprint density at radius 2 is 1.76 bits per heavy atom. The SMILES string of the molecule is CC(C)(C)OC(=O)N(CCC(=O)NCCOC(=O)C1NCCc2ccccc21)c1ccccc1. The minimum absolute atomic E-state index is 0.0688. The van der Waals surface area contributed by atoms with Gasteiger partial charge in [-0.2, -0.15) is 0 Å². The summed E-state index contributed by atoms with van der Waals surface area (Å²) in [6.45, 7) is 6.52. The van der Waals surface area contributed by atoms with Crippen molar-refractivity contribution in [2.75, 3.05) is 31.1 Å². The van der Waals surface area contributed by atoms with Gasteiger partial charge in [0.15, 0.2) is 0 Å². The Balaban J connectivity index is 1.45. The van der Waals surface area contributed by atoms with Crippen LogP contribution in [0.3, 0.4) is 0 Å². The number of rotatable bonds is 8. The number of nitrogens with zero attached hydrogens (tertiary/aromatic N) is 1. The van der Waals surface area contributed by atoms with Gasteiger partial charge >= 0.3 is 12.1 Å². The number of para-hydroxylation sites is 1. The fraction of sp³-hybridized carbons (Fsp3) is 0.423. The van der Waals surface area contributed by atoms with Gasteiger partial charge in [0.05, 0.1) is 6.54 Å². The lowest BCUT2D eigenvalue weighted by molar-refractivity contribution is -0.146. The average molecular weight is 468 g/mol. The zero-order valence-electron chi connectivity index (χ0n) is 20.0. The molecular weight excluding hydrogens is 434 g/mol. The van der Waals surface area contributed by atoms with Crippen molar-refractivity contribution in [3.63, 3.8) is 0 Å². The van der Waals surface area contributed by atoms with Crippen molar-refractivity contribution in [2.24, 2.45) is 0 Å². The number of fused-ring (bicyclic) bond motifs is 1. The van der Waals surface area contributed by atoms with E-state index in [0.717, 1.165) is 17.5 Å². The predicted molar refractivity (Wildman–Crippen MR) is 129 cm³/mol. The molecule has 34 heavy (non-hydrogen) atoms. The van der Waals surface area contributed by atoms with Crippen LogP contribution in [0.1, 0.15) is 44.4 Å². The number of ether oxygens (including phenoxy) is 2. The van der Waals surface area contributed by atoms with Crippen molar-refractivity contribution in [3.05, 3.63) is 65.7 Å². The minimum Gasteiger partial charge on any atom is -0.462 e. The Labute approximate surface area is 200 Å². The molecule has 1 aliphatic heterocycles. The van der Waals surface area contributed by atoms with E-state index in [1.807, 2.05) is 42.5 Å². The molecule has 0 saturated heterocycles. The molecular formula is C26H33N3O5. The highest BCUT2D eigenvalue weighted by atomic mass is 16.6. The van der Waals surface area contributed by atoms with E-state index in [9.17, 15) is 14.4 Å². The van der Waals surface area contributed by atoms with E-state index in [0.29, 0.717) is 12.2 Å². The number of benzene rings is 2. The Kier molecular flexibility index (Phi) is 8.65. The molecule has 182 valence electrons. The second kappa shape index (κ2) is 11.7. The zero-order chi connectivity index (χ0) is 24.6. The second-order valence-electron chi connectivity index (χ2n) is 9.07. The van der Waals surface area contributed by atoms with Gasteiger partial charge in [0, 0.05) is 25.2 Å². The van der Waals surface area contributed by atoms with E-state index in [4.69, 9.17) is 9.47 Å². The zero-order valence-corrected chi connectivity index (χ0v) is 20.0. The molecule has 0 saturated carbocycles. The number of carbonyl (C=O) groups is 3. The molecule has 1 heterocycles. The number of anilines is 1. The van der Waals surface area contributed by atoms with E-state index in [-0.39, 0.29) is 38.0 Å². The molecule has 2 amide bonds. The van der Waals surface area contributed by atoms with Crippen LogP contribution in [0.15, 0.2) is 54.6 Å². The van der Waals surface area contributed by atoms with Gasteiger partial charge in [0.2, 0.25) is 5.91 Å². The third-order valence-electron chi connectivity index (χ3n) is 5.26. The summed E-state index contributed by atoms with van der Waals surface area (Å²) in [5.74, 6) is -0.608. The largest absolute Gasteiger partial charge is 0.462 e. The van der Waals surface area contributed by atoms with Crippen LogP contribution in [0, 0.1) is 0 Å². The average Bonchev–Trinajstić information content (AvgIpc) is 2.81. The first kappa shape index (κ1) is 25.2. The smallest absolute Gasteiger partial charge is 0.414 e. The van der Waals surface area contributed by atoms with Crippen LogP contribution in [0.25, 0.3) is 0 Å². The van der Waals surface area contributed by atoms with Crippen LogP contribution < -0.4 is 15.5 Å². The van der Waals surface area contributed by atoms with Gasteiger partial charge in [-0.15, -0.1) is 0 Å². The summed E-state index contributed by atoms with van der Waals surface area (Å²) in [6.07, 6.45) is 0.444. The monoisotopic (exact) mass is 467 g/mol. The van der Waals surface area contributed by atoms with Crippen molar-refractivity contribution in [1.82, 2.24) is 10.6 Å². The van der Waals surface area contributed by atoms with E-state index in [1.54, 1.807) is 32.9 Å². The number of carbonyl (C=O) groups excluding carboxylic acids is 3. The summed E-state index contributed by atoms with van der Waals surface area (Å²) in [7, 11) is 0. The lowest BCUT2D eigenvalue weighted by Crippen LogP contribution is -2.40. The lowest BCUT2D eigenvalue weighted by Gasteiger charge is -2.27. The van der Waals surface area contributed by atoms with Crippen molar-refractivity contribution >= 4 is 23.7 Å². The Bertz CT molecular complexity index is 987. The number of hydrogen-bond acceptors (Lipinski definition) is 6. The highest BCUT2D eigenvalue weighted by Crippen LogP contribution is 2.23. The summed E-state index contributed by atoms with van der Waals surface area (Å²) in [5.41, 5.74) is 2.08. The van der Waals surface area contributed by atoms with Crippen molar-refractivity contribution in [3.8, 4) is 0 Å². The van der Waals surface area contributed by atoms with Crippen molar-refractivity contribution in [1.29, 1.82) is 0 Å². The van der Waals surface area contributed by atoms with Crippen LogP contribution in [0.4, 0.5) is 10.5 Å². The minimum atomic E-state index is -0.649. The maximum absolute atomic E-state index is 12.7. The van der Waals surface area contributed by atoms with Gasteiger partial charge in [0.1, 0.15) is 18.2 Å². The Morgan fingerprint density at radius 1 is 1.06 bits per heavy atom. The van der Waals surface area contributed by atoms with Crippen LogP contribution in [0.2, 0.25) is 0 Å². The van der Waals surface area contributed by atoms with Crippen LogP contribution in [-0.4, -0.2) is 49.8 Å². The van der Waals surface area contributed by atoms with E-state index >= 15 is 0 Å². The molecule has 8 heteroatoms. The van der Waals surface area contributed by atoms with Crippen LogP contribution >= 0.6 is 0 Å². The summed E-state index contributed by atoms with van der Waals surface area (Å²) in [5, 5.41) is 5.93. The summed E-state index contributed by atoms with van der Waals surface area (Å²) in [4.78, 5) is 39.0. The summed E-state index contributed by atoms with van der Waals surface area (Å²) < 4.78 is 10.9. The fourth-order valence-electron chi connectivity index (χ4n) is 3.69. The van der Waals surface area contributed by atoms with Crippen LogP contribution in [0.5, 0.6) is 0 Å². The standard InChI is InChI=1S/C26H33N3O5/c1-26(2,3)34-25(32)29(20-10-5-4-6-11-20)17-14-22(30)27-16-18-33-24(31)23-21-12-8-7-9-19(21)13-15-28-23/h4-12,23,28H,13-18H2,1-3H3,(H,27,30). The molecule has 3 rings (SSSR count). The first-order valence-electron chi connectivity index (χ1n) is 11.5. The third-order valence-corrected chi connectivity index (χ3v) is 5.26. The molecule has 2 aromatic carbocycles. The number of esters is 1. The molecule has 1 atom stereocenters. The van der Waals surface area contributed by atoms with Gasteiger partial charge in [0.25, 0.3) is 0 Å².